The minimum atomic E-state index is 0.208. The van der Waals surface area contributed by atoms with Crippen LogP contribution in [0.15, 0.2) is 0 Å². The van der Waals surface area contributed by atoms with Crippen LogP contribution in [-0.2, 0) is 4.79 Å². The Hall–Kier alpha value is -0.570. The first-order valence-corrected chi connectivity index (χ1v) is 10.7. The number of carbonyl (C=O) groups is 1. The van der Waals surface area contributed by atoms with Crippen LogP contribution < -0.4 is 10.6 Å². The molecule has 0 saturated heterocycles. The summed E-state index contributed by atoms with van der Waals surface area (Å²) in [6.07, 6.45) is 21.2. The molecule has 24 heavy (non-hydrogen) atoms. The van der Waals surface area contributed by atoms with Gasteiger partial charge in [0.2, 0.25) is 5.91 Å². The predicted octanol–water partition coefficient (Wildman–Crippen LogP) is 5.58. The van der Waals surface area contributed by atoms with E-state index in [2.05, 4.69) is 17.6 Å². The van der Waals surface area contributed by atoms with E-state index in [0.29, 0.717) is 6.42 Å². The van der Waals surface area contributed by atoms with Crippen LogP contribution in [0.25, 0.3) is 0 Å². The Kier molecular flexibility index (Phi) is 20.0. The molecule has 0 rings (SSSR count). The van der Waals surface area contributed by atoms with Gasteiger partial charge in [0.05, 0.1) is 0 Å². The van der Waals surface area contributed by atoms with Crippen LogP contribution in [0.1, 0.15) is 110 Å². The number of carbonyl (C=O) groups excluding carboxylic acids is 1. The van der Waals surface area contributed by atoms with Crippen molar-refractivity contribution in [2.45, 2.75) is 110 Å². The summed E-state index contributed by atoms with van der Waals surface area (Å²) in [6.45, 7) is 3.88. The molecule has 3 heteroatoms. The first-order chi connectivity index (χ1) is 11.8. The summed E-state index contributed by atoms with van der Waals surface area (Å²) >= 11 is 0. The average Bonchev–Trinajstić information content (AvgIpc) is 2.58. The van der Waals surface area contributed by atoms with Crippen molar-refractivity contribution in [3.63, 3.8) is 0 Å². The number of nitrogens with one attached hydrogen (secondary N) is 2. The van der Waals surface area contributed by atoms with Gasteiger partial charge in [-0.1, -0.05) is 96.8 Å². The van der Waals surface area contributed by atoms with Crippen molar-refractivity contribution in [3.05, 3.63) is 0 Å². The molecular formula is C21H44N2O. The molecule has 0 unspecified atom stereocenters. The van der Waals surface area contributed by atoms with Crippen molar-refractivity contribution >= 4 is 5.91 Å². The Morgan fingerprint density at radius 1 is 0.625 bits per heavy atom. The minimum Gasteiger partial charge on any atom is -0.355 e. The van der Waals surface area contributed by atoms with Crippen molar-refractivity contribution in [2.24, 2.45) is 0 Å². The van der Waals surface area contributed by atoms with Crippen LogP contribution >= 0.6 is 0 Å². The highest BCUT2D eigenvalue weighted by molar-refractivity contribution is 5.75. The standard InChI is InChI=1S/C21H44N2O/c1-3-4-5-6-7-8-9-10-11-12-13-14-15-16-17-18-21(24)23-20-19-22-2/h22H,3-20H2,1-2H3,(H,23,24). The van der Waals surface area contributed by atoms with Crippen LogP contribution in [0.3, 0.4) is 0 Å². The molecule has 0 aliphatic heterocycles. The molecule has 0 fully saturated rings. The SMILES string of the molecule is CCCCCCCCCCCCCCCCCC(=O)NCCNC. The number of hydrogen-bond donors (Lipinski definition) is 2. The van der Waals surface area contributed by atoms with Crippen molar-refractivity contribution in [1.82, 2.24) is 10.6 Å². The molecule has 0 aromatic heterocycles. The van der Waals surface area contributed by atoms with Gasteiger partial charge in [0.1, 0.15) is 0 Å². The highest BCUT2D eigenvalue weighted by Crippen LogP contribution is 2.13. The molecule has 1 amide bonds. The fraction of sp³-hybridized carbons (Fsp3) is 0.952. The molecule has 3 nitrogen and oxygen atoms in total. The fourth-order valence-electron chi connectivity index (χ4n) is 3.07. The lowest BCUT2D eigenvalue weighted by Crippen LogP contribution is -2.30. The van der Waals surface area contributed by atoms with Crippen LogP contribution in [-0.4, -0.2) is 26.0 Å². The predicted molar refractivity (Wildman–Crippen MR) is 106 cm³/mol. The molecule has 0 aromatic rings. The molecule has 0 heterocycles. The molecule has 0 aliphatic rings. The first-order valence-electron chi connectivity index (χ1n) is 10.7. The maximum Gasteiger partial charge on any atom is 0.220 e. The van der Waals surface area contributed by atoms with E-state index >= 15 is 0 Å². The van der Waals surface area contributed by atoms with E-state index in [4.69, 9.17) is 0 Å². The number of hydrogen-bond acceptors (Lipinski definition) is 2. The van der Waals surface area contributed by atoms with Gasteiger partial charge in [-0.3, -0.25) is 4.79 Å². The normalized spacial score (nSPS) is 10.9. The van der Waals surface area contributed by atoms with Crippen molar-refractivity contribution < 1.29 is 4.79 Å². The van der Waals surface area contributed by atoms with Crippen molar-refractivity contribution in [1.29, 1.82) is 0 Å². The minimum absolute atomic E-state index is 0.208. The maximum absolute atomic E-state index is 11.5. The van der Waals surface area contributed by atoms with E-state index in [-0.39, 0.29) is 5.91 Å². The van der Waals surface area contributed by atoms with Crippen molar-refractivity contribution in [2.75, 3.05) is 20.1 Å². The van der Waals surface area contributed by atoms with Gasteiger partial charge in [-0.05, 0) is 13.5 Å². The van der Waals surface area contributed by atoms with Gasteiger partial charge in [-0.2, -0.15) is 0 Å². The molecule has 144 valence electrons. The maximum atomic E-state index is 11.5. The van der Waals surface area contributed by atoms with E-state index < -0.39 is 0 Å². The van der Waals surface area contributed by atoms with Crippen LogP contribution in [0.2, 0.25) is 0 Å². The molecule has 0 saturated carbocycles. The number of likely N-dealkylation sites (N-methyl/N-ethyl adjacent to an activating group) is 1. The Morgan fingerprint density at radius 3 is 1.46 bits per heavy atom. The van der Waals surface area contributed by atoms with Gasteiger partial charge < -0.3 is 10.6 Å². The zero-order valence-electron chi connectivity index (χ0n) is 16.6. The van der Waals surface area contributed by atoms with Crippen LogP contribution in [0.4, 0.5) is 0 Å². The van der Waals surface area contributed by atoms with Crippen LogP contribution in [0.5, 0.6) is 0 Å². The van der Waals surface area contributed by atoms with E-state index in [1.165, 1.54) is 89.9 Å². The summed E-state index contributed by atoms with van der Waals surface area (Å²) in [5, 5.41) is 5.96. The average molecular weight is 341 g/mol. The monoisotopic (exact) mass is 340 g/mol. The third kappa shape index (κ3) is 19.5. The summed E-state index contributed by atoms with van der Waals surface area (Å²) in [7, 11) is 1.90. The highest BCUT2D eigenvalue weighted by Gasteiger charge is 2.00. The van der Waals surface area contributed by atoms with Crippen molar-refractivity contribution in [3.8, 4) is 0 Å². The molecule has 0 bridgehead atoms. The second-order valence-corrected chi connectivity index (χ2v) is 7.15. The van der Waals surface area contributed by atoms with Gasteiger partial charge in [-0.25, -0.2) is 0 Å². The number of rotatable bonds is 19. The van der Waals surface area contributed by atoms with E-state index in [1.54, 1.807) is 0 Å². The highest BCUT2D eigenvalue weighted by atomic mass is 16.1. The van der Waals surface area contributed by atoms with Gasteiger partial charge >= 0.3 is 0 Å². The number of unbranched alkanes of at least 4 members (excludes halogenated alkanes) is 14. The molecule has 0 aromatic carbocycles. The molecule has 0 spiro atoms. The summed E-state index contributed by atoms with van der Waals surface area (Å²) in [5.41, 5.74) is 0. The summed E-state index contributed by atoms with van der Waals surface area (Å²) in [6, 6.07) is 0. The smallest absolute Gasteiger partial charge is 0.220 e. The topological polar surface area (TPSA) is 41.1 Å². The Bertz CT molecular complexity index is 256. The van der Waals surface area contributed by atoms with E-state index in [0.717, 1.165) is 19.5 Å². The lowest BCUT2D eigenvalue weighted by atomic mass is 10.0. The van der Waals surface area contributed by atoms with Gasteiger partial charge in [-0.15, -0.1) is 0 Å². The fourth-order valence-corrected chi connectivity index (χ4v) is 3.07. The largest absolute Gasteiger partial charge is 0.355 e. The lowest BCUT2D eigenvalue weighted by molar-refractivity contribution is -0.121. The zero-order valence-corrected chi connectivity index (χ0v) is 16.6. The molecule has 0 radical (unpaired) electrons. The second-order valence-electron chi connectivity index (χ2n) is 7.15. The quantitative estimate of drug-likeness (QED) is 0.301. The Balaban J connectivity index is 3.06. The lowest BCUT2D eigenvalue weighted by Gasteiger charge is -2.05. The molecule has 2 N–H and O–H groups in total. The zero-order chi connectivity index (χ0) is 17.7. The molecular weight excluding hydrogens is 296 g/mol. The second kappa shape index (κ2) is 20.5. The van der Waals surface area contributed by atoms with E-state index in [9.17, 15) is 4.79 Å². The Morgan fingerprint density at radius 2 is 1.04 bits per heavy atom. The van der Waals surface area contributed by atoms with Gasteiger partial charge in [0, 0.05) is 19.5 Å². The summed E-state index contributed by atoms with van der Waals surface area (Å²) in [4.78, 5) is 11.5. The first kappa shape index (κ1) is 23.4. The molecule has 0 aliphatic carbocycles. The number of amides is 1. The van der Waals surface area contributed by atoms with Crippen LogP contribution in [0, 0.1) is 0 Å². The third-order valence-corrected chi connectivity index (χ3v) is 4.70. The summed E-state index contributed by atoms with van der Waals surface area (Å²) in [5.74, 6) is 0.208. The van der Waals surface area contributed by atoms with Gasteiger partial charge in [0.15, 0.2) is 0 Å². The Labute approximate surface area is 151 Å². The summed E-state index contributed by atoms with van der Waals surface area (Å²) < 4.78 is 0. The molecule has 0 atom stereocenters. The van der Waals surface area contributed by atoms with Gasteiger partial charge in [0.25, 0.3) is 0 Å². The van der Waals surface area contributed by atoms with E-state index in [1.807, 2.05) is 7.05 Å². The third-order valence-electron chi connectivity index (χ3n) is 4.70.